The molecule has 0 aromatic carbocycles. The highest BCUT2D eigenvalue weighted by atomic mass is 32.2. The number of thioether (sulfide) groups is 1. The zero-order valence-corrected chi connectivity index (χ0v) is 6.66. The van der Waals surface area contributed by atoms with E-state index in [0.29, 0.717) is 0 Å². The van der Waals surface area contributed by atoms with E-state index in [1.165, 1.54) is 17.9 Å². The van der Waals surface area contributed by atoms with Gasteiger partial charge in [0.2, 0.25) is 0 Å². The summed E-state index contributed by atoms with van der Waals surface area (Å²) in [5, 5.41) is 3.39. The molecule has 0 spiro atoms. The lowest BCUT2D eigenvalue weighted by molar-refractivity contribution is 0.625. The van der Waals surface area contributed by atoms with E-state index in [9.17, 15) is 0 Å². The van der Waals surface area contributed by atoms with Crippen LogP contribution in [0.5, 0.6) is 0 Å². The topological polar surface area (TPSA) is 12.0 Å². The first-order valence-electron chi connectivity index (χ1n) is 3.65. The van der Waals surface area contributed by atoms with Crippen molar-refractivity contribution in [2.75, 3.05) is 11.6 Å². The molecule has 54 valence electrons. The van der Waals surface area contributed by atoms with Gasteiger partial charge in [0, 0.05) is 17.4 Å². The third-order valence-electron chi connectivity index (χ3n) is 1.97. The van der Waals surface area contributed by atoms with Crippen molar-refractivity contribution in [3.63, 3.8) is 0 Å². The van der Waals surface area contributed by atoms with Gasteiger partial charge < -0.3 is 5.32 Å². The van der Waals surface area contributed by atoms with E-state index in [1.807, 2.05) is 11.8 Å². The van der Waals surface area contributed by atoms with Crippen molar-refractivity contribution in [1.29, 1.82) is 0 Å². The Morgan fingerprint density at radius 3 is 3.50 bits per heavy atom. The first-order valence-corrected chi connectivity index (χ1v) is 4.80. The fourth-order valence-electron chi connectivity index (χ4n) is 1.37. The Morgan fingerprint density at radius 2 is 2.60 bits per heavy atom. The second-order valence-corrected chi connectivity index (χ2v) is 3.70. The van der Waals surface area contributed by atoms with Crippen LogP contribution in [0, 0.1) is 5.92 Å². The molecule has 0 bridgehead atoms. The normalized spacial score (nSPS) is 30.4. The number of hydrogen-bond donors (Lipinski definition) is 1. The molecule has 1 fully saturated rings. The Morgan fingerprint density at radius 1 is 1.60 bits per heavy atom. The molecule has 0 amide bonds. The second kappa shape index (κ2) is 2.70. The highest BCUT2D eigenvalue weighted by Gasteiger charge is 2.18. The molecule has 0 aromatic heterocycles. The first kappa shape index (κ1) is 6.35. The van der Waals surface area contributed by atoms with E-state index in [-0.39, 0.29) is 0 Å². The summed E-state index contributed by atoms with van der Waals surface area (Å²) in [6, 6.07) is 0. The minimum Gasteiger partial charge on any atom is -0.379 e. The van der Waals surface area contributed by atoms with Gasteiger partial charge in [0.1, 0.15) is 0 Å². The van der Waals surface area contributed by atoms with Crippen LogP contribution in [0.15, 0.2) is 23.9 Å². The van der Waals surface area contributed by atoms with Gasteiger partial charge >= 0.3 is 0 Å². The van der Waals surface area contributed by atoms with E-state index >= 15 is 0 Å². The van der Waals surface area contributed by atoms with Gasteiger partial charge in [-0.15, -0.1) is 11.8 Å². The Hall–Kier alpha value is -0.370. The highest BCUT2D eigenvalue weighted by Crippen LogP contribution is 2.26. The molecule has 1 nitrogen and oxygen atoms in total. The molecule has 0 saturated carbocycles. The second-order valence-electron chi connectivity index (χ2n) is 2.67. The highest BCUT2D eigenvalue weighted by molar-refractivity contribution is 7.99. The quantitative estimate of drug-likeness (QED) is 0.569. The van der Waals surface area contributed by atoms with E-state index in [2.05, 4.69) is 23.5 Å². The zero-order valence-electron chi connectivity index (χ0n) is 5.84. The SMILES string of the molecule is C1=CCC2CSCNC2=C1. The van der Waals surface area contributed by atoms with Crippen molar-refractivity contribution in [2.24, 2.45) is 5.92 Å². The number of hydrogen-bond acceptors (Lipinski definition) is 2. The summed E-state index contributed by atoms with van der Waals surface area (Å²) in [5.41, 5.74) is 1.45. The van der Waals surface area contributed by atoms with Gasteiger partial charge in [-0.3, -0.25) is 0 Å². The summed E-state index contributed by atoms with van der Waals surface area (Å²) in [7, 11) is 0. The van der Waals surface area contributed by atoms with Gasteiger partial charge in [-0.1, -0.05) is 12.2 Å². The molecule has 2 rings (SSSR count). The monoisotopic (exact) mass is 153 g/mol. The third kappa shape index (κ3) is 1.08. The maximum absolute atomic E-state index is 3.39. The largest absolute Gasteiger partial charge is 0.379 e. The van der Waals surface area contributed by atoms with Crippen LogP contribution in [0.4, 0.5) is 0 Å². The number of allylic oxidation sites excluding steroid dienone is 4. The number of nitrogens with one attached hydrogen (secondary N) is 1. The van der Waals surface area contributed by atoms with Crippen LogP contribution in [0.3, 0.4) is 0 Å². The third-order valence-corrected chi connectivity index (χ3v) is 2.96. The molecule has 10 heavy (non-hydrogen) atoms. The van der Waals surface area contributed by atoms with Crippen molar-refractivity contribution in [3.05, 3.63) is 23.9 Å². The van der Waals surface area contributed by atoms with E-state index in [0.717, 1.165) is 11.8 Å². The maximum Gasteiger partial charge on any atom is 0.0608 e. The molecule has 1 heterocycles. The molecule has 1 saturated heterocycles. The predicted octanol–water partition coefficient (Wildman–Crippen LogP) is 1.74. The van der Waals surface area contributed by atoms with Gasteiger partial charge in [0.25, 0.3) is 0 Å². The lowest BCUT2D eigenvalue weighted by Gasteiger charge is -2.27. The molecule has 2 aliphatic rings. The van der Waals surface area contributed by atoms with Crippen LogP contribution in [0.1, 0.15) is 6.42 Å². The molecule has 1 unspecified atom stereocenters. The van der Waals surface area contributed by atoms with E-state index in [4.69, 9.17) is 0 Å². The summed E-state index contributed by atoms with van der Waals surface area (Å²) in [6.07, 6.45) is 7.83. The molecule has 0 radical (unpaired) electrons. The van der Waals surface area contributed by atoms with Crippen molar-refractivity contribution in [1.82, 2.24) is 5.32 Å². The summed E-state index contributed by atoms with van der Waals surface area (Å²) in [4.78, 5) is 0. The average molecular weight is 153 g/mol. The fourth-order valence-corrected chi connectivity index (χ4v) is 2.36. The summed E-state index contributed by atoms with van der Waals surface area (Å²) < 4.78 is 0. The summed E-state index contributed by atoms with van der Waals surface area (Å²) in [5.74, 6) is 3.17. The predicted molar refractivity (Wildman–Crippen MR) is 45.8 cm³/mol. The number of rotatable bonds is 0. The van der Waals surface area contributed by atoms with Crippen molar-refractivity contribution < 1.29 is 0 Å². The molecule has 0 aromatic rings. The smallest absolute Gasteiger partial charge is 0.0608 e. The van der Waals surface area contributed by atoms with Crippen LogP contribution in [0.25, 0.3) is 0 Å². The molecule has 1 aliphatic carbocycles. The summed E-state index contributed by atoms with van der Waals surface area (Å²) in [6.45, 7) is 0. The first-order chi connectivity index (χ1) is 4.97. The minimum absolute atomic E-state index is 0.781. The Labute approximate surface area is 65.6 Å². The standard InChI is InChI=1S/C8H11NS/c1-2-4-8-7(3-1)5-10-6-9-8/h1-2,4,7,9H,3,5-6H2. The lowest BCUT2D eigenvalue weighted by Crippen LogP contribution is -2.28. The Kier molecular flexibility index (Phi) is 1.72. The van der Waals surface area contributed by atoms with Crippen LogP contribution in [0.2, 0.25) is 0 Å². The Balaban J connectivity index is 2.14. The van der Waals surface area contributed by atoms with Gasteiger partial charge in [0.05, 0.1) is 5.88 Å². The van der Waals surface area contributed by atoms with E-state index < -0.39 is 0 Å². The molecule has 1 N–H and O–H groups in total. The van der Waals surface area contributed by atoms with Gasteiger partial charge in [-0.25, -0.2) is 0 Å². The van der Waals surface area contributed by atoms with Crippen LogP contribution < -0.4 is 5.32 Å². The van der Waals surface area contributed by atoms with Crippen LogP contribution in [-0.4, -0.2) is 11.6 Å². The molecule has 1 aliphatic heterocycles. The lowest BCUT2D eigenvalue weighted by atomic mass is 9.99. The molecule has 1 atom stereocenters. The minimum atomic E-state index is 0.781. The van der Waals surface area contributed by atoms with E-state index in [1.54, 1.807) is 0 Å². The molecule has 2 heteroatoms. The average Bonchev–Trinajstić information content (AvgIpc) is 2.05. The molecular formula is C8H11NS. The molecular weight excluding hydrogens is 142 g/mol. The summed E-state index contributed by atoms with van der Waals surface area (Å²) >= 11 is 1.99. The van der Waals surface area contributed by atoms with Crippen LogP contribution in [-0.2, 0) is 0 Å². The van der Waals surface area contributed by atoms with Crippen molar-refractivity contribution in [3.8, 4) is 0 Å². The number of fused-ring (bicyclic) bond motifs is 1. The fraction of sp³-hybridized carbons (Fsp3) is 0.500. The van der Waals surface area contributed by atoms with Gasteiger partial charge in [0.15, 0.2) is 0 Å². The zero-order chi connectivity index (χ0) is 6.81. The maximum atomic E-state index is 3.39. The van der Waals surface area contributed by atoms with Crippen molar-refractivity contribution >= 4 is 11.8 Å². The van der Waals surface area contributed by atoms with Gasteiger partial charge in [-0.2, -0.15) is 0 Å². The van der Waals surface area contributed by atoms with Gasteiger partial charge in [-0.05, 0) is 12.5 Å². The Bertz CT molecular complexity index is 184. The van der Waals surface area contributed by atoms with Crippen LogP contribution >= 0.6 is 11.8 Å². The van der Waals surface area contributed by atoms with Crippen molar-refractivity contribution in [2.45, 2.75) is 6.42 Å².